The second kappa shape index (κ2) is 14.0. The predicted molar refractivity (Wildman–Crippen MR) is 139 cm³/mol. The normalized spacial score (nSPS) is 10.5. The van der Waals surface area contributed by atoms with Gasteiger partial charge in [-0.05, 0) is 60.0 Å². The molecule has 0 radical (unpaired) electrons. The molecule has 4 heteroatoms. The molecule has 182 valence electrons. The first-order valence-corrected chi connectivity index (χ1v) is 12.4. The van der Waals surface area contributed by atoms with Crippen LogP contribution >= 0.6 is 0 Å². The van der Waals surface area contributed by atoms with E-state index in [9.17, 15) is 9.18 Å². The predicted octanol–water partition coefficient (Wildman–Crippen LogP) is 8.11. The summed E-state index contributed by atoms with van der Waals surface area (Å²) in [6, 6.07) is 19.2. The van der Waals surface area contributed by atoms with Crippen molar-refractivity contribution in [2.45, 2.75) is 58.3 Å². The van der Waals surface area contributed by atoms with Crippen LogP contribution in [-0.2, 0) is 0 Å². The molecule has 3 aromatic rings. The van der Waals surface area contributed by atoms with E-state index in [-0.39, 0.29) is 11.3 Å². The smallest absolute Gasteiger partial charge is 0.335 e. The maximum Gasteiger partial charge on any atom is 0.335 e. The minimum Gasteiger partial charge on any atom is -0.491 e. The largest absolute Gasteiger partial charge is 0.491 e. The van der Waals surface area contributed by atoms with Gasteiger partial charge < -0.3 is 9.84 Å². The van der Waals surface area contributed by atoms with Crippen LogP contribution in [0.1, 0.15) is 79.8 Å². The first-order valence-electron chi connectivity index (χ1n) is 12.4. The van der Waals surface area contributed by atoms with Crippen LogP contribution in [0.15, 0.2) is 66.7 Å². The van der Waals surface area contributed by atoms with E-state index in [1.165, 1.54) is 44.6 Å². The minimum absolute atomic E-state index is 0.257. The summed E-state index contributed by atoms with van der Waals surface area (Å²) >= 11 is 0. The fourth-order valence-corrected chi connectivity index (χ4v) is 3.81. The van der Waals surface area contributed by atoms with Gasteiger partial charge in [0.05, 0.1) is 12.2 Å². The fourth-order valence-electron chi connectivity index (χ4n) is 3.81. The highest BCUT2D eigenvalue weighted by Gasteiger charge is 2.05. The SMILES string of the molecule is CCCCCCCCCCOc1ccc(C#Cc2ccc(-c3ccc(C(=O)O)cc3)cc2)cc1F. The van der Waals surface area contributed by atoms with Gasteiger partial charge >= 0.3 is 5.97 Å². The maximum absolute atomic E-state index is 14.4. The van der Waals surface area contributed by atoms with E-state index in [2.05, 4.69) is 18.8 Å². The summed E-state index contributed by atoms with van der Waals surface area (Å²) in [5.74, 6) is 5.00. The van der Waals surface area contributed by atoms with Crippen LogP contribution in [0.25, 0.3) is 11.1 Å². The molecule has 0 unspecified atom stereocenters. The van der Waals surface area contributed by atoms with Crippen LogP contribution in [0, 0.1) is 17.7 Å². The van der Waals surface area contributed by atoms with Gasteiger partial charge in [-0.1, -0.05) is 88.0 Å². The van der Waals surface area contributed by atoms with Crippen molar-refractivity contribution < 1.29 is 19.0 Å². The maximum atomic E-state index is 14.4. The molecular weight excluding hydrogens is 439 g/mol. The molecule has 0 spiro atoms. The molecule has 0 fully saturated rings. The Labute approximate surface area is 208 Å². The molecule has 3 aromatic carbocycles. The Kier molecular flexibility index (Phi) is 10.4. The molecule has 1 N–H and O–H groups in total. The molecule has 0 aliphatic rings. The molecule has 0 aliphatic carbocycles. The molecule has 0 amide bonds. The Morgan fingerprint density at radius 2 is 1.31 bits per heavy atom. The van der Waals surface area contributed by atoms with Crippen molar-refractivity contribution in [1.29, 1.82) is 0 Å². The van der Waals surface area contributed by atoms with Crippen molar-refractivity contribution in [3.05, 3.63) is 89.2 Å². The van der Waals surface area contributed by atoms with E-state index in [0.29, 0.717) is 12.2 Å². The van der Waals surface area contributed by atoms with E-state index < -0.39 is 11.8 Å². The molecule has 0 atom stereocenters. The summed E-state index contributed by atoms with van der Waals surface area (Å²) in [6.45, 7) is 2.76. The van der Waals surface area contributed by atoms with Gasteiger partial charge in [0.15, 0.2) is 11.6 Å². The van der Waals surface area contributed by atoms with Gasteiger partial charge in [0, 0.05) is 11.1 Å². The van der Waals surface area contributed by atoms with Crippen molar-refractivity contribution in [3.8, 4) is 28.7 Å². The van der Waals surface area contributed by atoms with Gasteiger partial charge in [0.25, 0.3) is 0 Å². The Morgan fingerprint density at radius 3 is 1.91 bits per heavy atom. The van der Waals surface area contributed by atoms with Crippen molar-refractivity contribution in [1.82, 2.24) is 0 Å². The number of hydrogen-bond donors (Lipinski definition) is 1. The molecule has 0 aliphatic heterocycles. The number of carboxylic acids is 1. The Balaban J connectivity index is 1.48. The zero-order valence-electron chi connectivity index (χ0n) is 20.4. The highest BCUT2D eigenvalue weighted by Crippen LogP contribution is 2.21. The van der Waals surface area contributed by atoms with Gasteiger partial charge in [0.2, 0.25) is 0 Å². The van der Waals surface area contributed by atoms with Gasteiger partial charge in [-0.3, -0.25) is 0 Å². The number of rotatable bonds is 12. The molecule has 0 heterocycles. The average Bonchev–Trinajstić information content (AvgIpc) is 2.88. The summed E-state index contributed by atoms with van der Waals surface area (Å²) < 4.78 is 20.0. The number of unbranched alkanes of at least 4 members (excludes halogenated alkanes) is 7. The quantitative estimate of drug-likeness (QED) is 0.214. The second-order valence-electron chi connectivity index (χ2n) is 8.68. The molecule has 35 heavy (non-hydrogen) atoms. The van der Waals surface area contributed by atoms with E-state index >= 15 is 0 Å². The highest BCUT2D eigenvalue weighted by molar-refractivity contribution is 5.88. The second-order valence-corrected chi connectivity index (χ2v) is 8.68. The topological polar surface area (TPSA) is 46.5 Å². The lowest BCUT2D eigenvalue weighted by atomic mass is 10.0. The van der Waals surface area contributed by atoms with Crippen molar-refractivity contribution >= 4 is 5.97 Å². The standard InChI is InChI=1S/C31H33FO3/c1-2-3-4-5-6-7-8-9-22-35-30-21-14-25(23-29(30)32)11-10-24-12-15-26(16-13-24)27-17-19-28(20-18-27)31(33)34/h12-21,23H,2-9,22H2,1H3,(H,33,34). The average molecular weight is 473 g/mol. The number of carbonyl (C=O) groups is 1. The molecule has 3 rings (SSSR count). The number of carboxylic acid groups (broad SMARTS) is 1. The van der Waals surface area contributed by atoms with Crippen molar-refractivity contribution in [2.75, 3.05) is 6.61 Å². The Bertz CT molecular complexity index is 1140. The van der Waals surface area contributed by atoms with Gasteiger partial charge in [-0.15, -0.1) is 0 Å². The van der Waals surface area contributed by atoms with Crippen LogP contribution in [0.3, 0.4) is 0 Å². The van der Waals surface area contributed by atoms with E-state index in [1.54, 1.807) is 36.4 Å². The van der Waals surface area contributed by atoms with Crippen LogP contribution in [0.2, 0.25) is 0 Å². The zero-order valence-corrected chi connectivity index (χ0v) is 20.4. The summed E-state index contributed by atoms with van der Waals surface area (Å²) in [4.78, 5) is 11.0. The molecular formula is C31H33FO3. The third-order valence-corrected chi connectivity index (χ3v) is 5.89. The molecule has 0 aromatic heterocycles. The van der Waals surface area contributed by atoms with E-state index in [1.807, 2.05) is 24.3 Å². The van der Waals surface area contributed by atoms with E-state index in [0.717, 1.165) is 29.5 Å². The first kappa shape index (κ1) is 26.0. The first-order chi connectivity index (χ1) is 17.1. The Morgan fingerprint density at radius 1 is 0.771 bits per heavy atom. The van der Waals surface area contributed by atoms with Gasteiger partial charge in [-0.2, -0.15) is 0 Å². The fraction of sp³-hybridized carbons (Fsp3) is 0.323. The summed E-state index contributed by atoms with van der Waals surface area (Å²) in [5.41, 5.74) is 3.56. The molecule has 0 saturated carbocycles. The third-order valence-electron chi connectivity index (χ3n) is 5.89. The number of hydrogen-bond acceptors (Lipinski definition) is 2. The highest BCUT2D eigenvalue weighted by atomic mass is 19.1. The van der Waals surface area contributed by atoms with Crippen molar-refractivity contribution in [2.24, 2.45) is 0 Å². The van der Waals surface area contributed by atoms with E-state index in [4.69, 9.17) is 9.84 Å². The van der Waals surface area contributed by atoms with Gasteiger partial charge in [0.1, 0.15) is 0 Å². The summed E-state index contributed by atoms with van der Waals surface area (Å²) in [7, 11) is 0. The Hall–Kier alpha value is -3.58. The van der Waals surface area contributed by atoms with Crippen LogP contribution < -0.4 is 4.74 Å². The molecule has 0 bridgehead atoms. The zero-order chi connectivity index (χ0) is 24.9. The van der Waals surface area contributed by atoms with Gasteiger partial charge in [-0.25, -0.2) is 9.18 Å². The molecule has 0 saturated heterocycles. The lowest BCUT2D eigenvalue weighted by molar-refractivity contribution is 0.0697. The number of aromatic carboxylic acids is 1. The number of ether oxygens (including phenoxy) is 1. The van der Waals surface area contributed by atoms with Crippen LogP contribution in [-0.4, -0.2) is 17.7 Å². The lowest BCUT2D eigenvalue weighted by Gasteiger charge is -2.07. The van der Waals surface area contributed by atoms with Crippen LogP contribution in [0.5, 0.6) is 5.75 Å². The number of benzene rings is 3. The van der Waals surface area contributed by atoms with Crippen molar-refractivity contribution in [3.63, 3.8) is 0 Å². The molecule has 3 nitrogen and oxygen atoms in total. The van der Waals surface area contributed by atoms with Crippen LogP contribution in [0.4, 0.5) is 4.39 Å². The summed E-state index contributed by atoms with van der Waals surface area (Å²) in [6.07, 6.45) is 9.75. The monoisotopic (exact) mass is 472 g/mol. The minimum atomic E-state index is -0.943. The number of halogens is 1. The lowest BCUT2D eigenvalue weighted by Crippen LogP contribution is -1.99. The summed E-state index contributed by atoms with van der Waals surface area (Å²) in [5, 5.41) is 9.02. The third kappa shape index (κ3) is 8.61.